The van der Waals surface area contributed by atoms with Crippen molar-refractivity contribution < 1.29 is 0 Å². The lowest BCUT2D eigenvalue weighted by molar-refractivity contribution is 0.807. The van der Waals surface area contributed by atoms with Gasteiger partial charge in [-0.25, -0.2) is 4.68 Å². The maximum Gasteiger partial charge on any atom is 0.191 e. The van der Waals surface area contributed by atoms with E-state index in [-0.39, 0.29) is 5.69 Å². The first-order valence-electron chi connectivity index (χ1n) is 6.07. The smallest absolute Gasteiger partial charge is 0.191 e. The molecule has 0 spiro atoms. The van der Waals surface area contributed by atoms with Crippen molar-refractivity contribution >= 4 is 23.2 Å². The average molecular weight is 315 g/mol. The van der Waals surface area contributed by atoms with Crippen LogP contribution in [-0.2, 0) is 0 Å². The lowest BCUT2D eigenvalue weighted by atomic mass is 10.1. The molecule has 0 N–H and O–H groups in total. The third kappa shape index (κ3) is 2.62. The number of hydrogen-bond acceptors (Lipinski definition) is 3. The van der Waals surface area contributed by atoms with E-state index in [1.165, 1.54) is 0 Å². The molecule has 0 bridgehead atoms. The first-order chi connectivity index (χ1) is 10.2. The Morgan fingerprint density at radius 2 is 1.48 bits per heavy atom. The Morgan fingerprint density at radius 1 is 0.905 bits per heavy atom. The van der Waals surface area contributed by atoms with Crippen LogP contribution >= 0.6 is 23.2 Å². The molecule has 21 heavy (non-hydrogen) atoms. The monoisotopic (exact) mass is 314 g/mol. The molecule has 0 unspecified atom stereocenters. The summed E-state index contributed by atoms with van der Waals surface area (Å²) in [5.41, 5.74) is 2.47. The summed E-state index contributed by atoms with van der Waals surface area (Å²) in [6, 6.07) is 16.4. The third-order valence-electron chi connectivity index (χ3n) is 2.97. The molecule has 0 aliphatic rings. The van der Waals surface area contributed by atoms with Crippen LogP contribution in [0.5, 0.6) is 0 Å². The second-order valence-electron chi connectivity index (χ2n) is 4.29. The van der Waals surface area contributed by atoms with Crippen molar-refractivity contribution in [1.82, 2.24) is 15.0 Å². The molecule has 2 aromatic carbocycles. The van der Waals surface area contributed by atoms with Crippen molar-refractivity contribution in [3.8, 4) is 23.0 Å². The minimum atomic E-state index is 0.257. The molecule has 1 heterocycles. The molecule has 0 saturated heterocycles. The summed E-state index contributed by atoms with van der Waals surface area (Å²) in [6.45, 7) is 0. The molecule has 0 saturated carbocycles. The highest BCUT2D eigenvalue weighted by atomic mass is 35.5. The van der Waals surface area contributed by atoms with Crippen LogP contribution in [0.4, 0.5) is 0 Å². The number of benzene rings is 2. The van der Waals surface area contributed by atoms with Gasteiger partial charge in [-0.05, 0) is 36.4 Å². The molecule has 4 nitrogen and oxygen atoms in total. The first-order valence-corrected chi connectivity index (χ1v) is 6.82. The maximum atomic E-state index is 9.23. The Kier molecular flexibility index (Phi) is 3.61. The lowest BCUT2D eigenvalue weighted by Crippen LogP contribution is -1.99. The van der Waals surface area contributed by atoms with Crippen LogP contribution < -0.4 is 0 Å². The van der Waals surface area contributed by atoms with Crippen molar-refractivity contribution in [2.24, 2.45) is 0 Å². The van der Waals surface area contributed by atoms with Gasteiger partial charge in [0.15, 0.2) is 5.69 Å². The van der Waals surface area contributed by atoms with Gasteiger partial charge in [0.25, 0.3) is 0 Å². The van der Waals surface area contributed by atoms with Crippen molar-refractivity contribution in [3.05, 3.63) is 64.3 Å². The minimum absolute atomic E-state index is 0.257. The van der Waals surface area contributed by atoms with Gasteiger partial charge in [0.05, 0.1) is 5.69 Å². The van der Waals surface area contributed by atoms with Crippen molar-refractivity contribution in [1.29, 1.82) is 5.26 Å². The number of halogens is 2. The van der Waals surface area contributed by atoms with E-state index in [2.05, 4.69) is 16.4 Å². The highest BCUT2D eigenvalue weighted by Gasteiger charge is 2.16. The SMILES string of the molecule is N#Cc1nnn(-c2ccc(Cl)cc2)c1-c1ccc(Cl)cc1. The lowest BCUT2D eigenvalue weighted by Gasteiger charge is -2.07. The van der Waals surface area contributed by atoms with Crippen LogP contribution in [0.1, 0.15) is 5.69 Å². The summed E-state index contributed by atoms with van der Waals surface area (Å²) in [5, 5.41) is 18.5. The highest BCUT2D eigenvalue weighted by molar-refractivity contribution is 6.30. The van der Waals surface area contributed by atoms with Gasteiger partial charge >= 0.3 is 0 Å². The number of rotatable bonds is 2. The predicted molar refractivity (Wildman–Crippen MR) is 81.5 cm³/mol. The highest BCUT2D eigenvalue weighted by Crippen LogP contribution is 2.26. The molecule has 3 rings (SSSR count). The van der Waals surface area contributed by atoms with Crippen LogP contribution in [0.3, 0.4) is 0 Å². The Balaban J connectivity index is 2.19. The summed E-state index contributed by atoms with van der Waals surface area (Å²) in [7, 11) is 0. The van der Waals surface area contributed by atoms with Gasteiger partial charge in [-0.3, -0.25) is 0 Å². The molecule has 0 fully saturated rings. The van der Waals surface area contributed by atoms with Crippen LogP contribution in [-0.4, -0.2) is 15.0 Å². The van der Waals surface area contributed by atoms with E-state index in [4.69, 9.17) is 23.2 Å². The molecule has 1 aromatic heterocycles. The maximum absolute atomic E-state index is 9.23. The van der Waals surface area contributed by atoms with E-state index in [0.717, 1.165) is 11.3 Å². The second kappa shape index (κ2) is 5.57. The van der Waals surface area contributed by atoms with Gasteiger partial charge < -0.3 is 0 Å². The number of hydrogen-bond donors (Lipinski definition) is 0. The molecular formula is C15H8Cl2N4. The second-order valence-corrected chi connectivity index (χ2v) is 5.17. The molecule has 6 heteroatoms. The Morgan fingerprint density at radius 3 is 2.05 bits per heavy atom. The van der Waals surface area contributed by atoms with E-state index in [0.29, 0.717) is 15.7 Å². The average Bonchev–Trinajstić information content (AvgIpc) is 2.93. The fraction of sp³-hybridized carbons (Fsp3) is 0. The normalized spacial score (nSPS) is 10.3. The summed E-state index contributed by atoms with van der Waals surface area (Å²) >= 11 is 11.8. The fourth-order valence-corrected chi connectivity index (χ4v) is 2.24. The van der Waals surface area contributed by atoms with Gasteiger partial charge in [-0.15, -0.1) is 5.10 Å². The van der Waals surface area contributed by atoms with E-state index in [1.54, 1.807) is 28.9 Å². The van der Waals surface area contributed by atoms with Gasteiger partial charge in [-0.1, -0.05) is 40.5 Å². The molecule has 3 aromatic rings. The molecule has 102 valence electrons. The van der Waals surface area contributed by atoms with Crippen LogP contribution in [0, 0.1) is 11.3 Å². The van der Waals surface area contributed by atoms with Crippen LogP contribution in [0.2, 0.25) is 10.0 Å². The topological polar surface area (TPSA) is 54.5 Å². The van der Waals surface area contributed by atoms with Gasteiger partial charge in [0.1, 0.15) is 11.8 Å². The van der Waals surface area contributed by atoms with Gasteiger partial charge in [-0.2, -0.15) is 5.26 Å². The number of nitrogens with zero attached hydrogens (tertiary/aromatic N) is 4. The van der Waals surface area contributed by atoms with Crippen molar-refractivity contribution in [2.75, 3.05) is 0 Å². The zero-order chi connectivity index (χ0) is 14.8. The summed E-state index contributed by atoms with van der Waals surface area (Å²) in [4.78, 5) is 0. The molecule has 0 aliphatic heterocycles. The van der Waals surface area contributed by atoms with Crippen molar-refractivity contribution in [2.45, 2.75) is 0 Å². The van der Waals surface area contributed by atoms with Crippen LogP contribution in [0.25, 0.3) is 16.9 Å². The van der Waals surface area contributed by atoms with E-state index in [1.807, 2.05) is 24.3 Å². The largest absolute Gasteiger partial charge is 0.211 e. The molecule has 0 amide bonds. The molecular weight excluding hydrogens is 307 g/mol. The van der Waals surface area contributed by atoms with Crippen molar-refractivity contribution in [3.63, 3.8) is 0 Å². The van der Waals surface area contributed by atoms with E-state index in [9.17, 15) is 5.26 Å². The van der Waals surface area contributed by atoms with E-state index >= 15 is 0 Å². The Hall–Kier alpha value is -2.35. The first kappa shape index (κ1) is 13.6. The fourth-order valence-electron chi connectivity index (χ4n) is 1.99. The van der Waals surface area contributed by atoms with Gasteiger partial charge in [0.2, 0.25) is 0 Å². The van der Waals surface area contributed by atoms with Gasteiger partial charge in [0, 0.05) is 15.6 Å². The quantitative estimate of drug-likeness (QED) is 0.715. The summed E-state index contributed by atoms with van der Waals surface area (Å²) in [6.07, 6.45) is 0. The van der Waals surface area contributed by atoms with Crippen LogP contribution in [0.15, 0.2) is 48.5 Å². The standard InChI is InChI=1S/C15H8Cl2N4/c16-11-3-1-10(2-4-11)15-14(9-18)19-20-21(15)13-7-5-12(17)6-8-13/h1-8H. The zero-order valence-corrected chi connectivity index (χ0v) is 12.2. The summed E-state index contributed by atoms with van der Waals surface area (Å²) in [5.74, 6) is 0. The third-order valence-corrected chi connectivity index (χ3v) is 3.47. The zero-order valence-electron chi connectivity index (χ0n) is 10.7. The molecule has 0 radical (unpaired) electrons. The Bertz CT molecular complexity index is 814. The molecule has 0 aliphatic carbocycles. The summed E-state index contributed by atoms with van der Waals surface area (Å²) < 4.78 is 1.61. The number of nitriles is 1. The van der Waals surface area contributed by atoms with E-state index < -0.39 is 0 Å². The predicted octanol–water partition coefficient (Wildman–Crippen LogP) is 4.11. The minimum Gasteiger partial charge on any atom is -0.211 e. The Labute approximate surface area is 131 Å². The number of aromatic nitrogens is 3. The molecule has 0 atom stereocenters.